The second-order valence-corrected chi connectivity index (χ2v) is 11.0. The number of benzene rings is 2. The standard InChI is InChI=1S/C33H40N4O11/c1-19(38)35-29-31(47-22(4)41)30(46-21(3)40)26(18-45-20(2)39)48-33(29)37-28(43)17-34-32(44)25(15-23-11-7-5-8-12-23)36-27(42)16-24-13-9-6-10-14-24/h5-14,25-26,29-31,33H,15-18H2,1-4H3,(H,34,44)(H,35,38)(H,36,42)(H,37,43)/t25-,26+,29+,30+,31+,33+/m0/s1. The van der Waals surface area contributed by atoms with Crippen molar-refractivity contribution in [2.24, 2.45) is 0 Å². The monoisotopic (exact) mass is 668 g/mol. The molecule has 1 heterocycles. The highest BCUT2D eigenvalue weighted by Gasteiger charge is 2.51. The fraction of sp³-hybridized carbons (Fsp3) is 0.424. The molecule has 0 aromatic heterocycles. The third-order valence-electron chi connectivity index (χ3n) is 6.98. The van der Waals surface area contributed by atoms with Crippen LogP contribution in [0.15, 0.2) is 60.7 Å². The maximum atomic E-state index is 13.3. The summed E-state index contributed by atoms with van der Waals surface area (Å²) in [6.07, 6.45) is -5.17. The van der Waals surface area contributed by atoms with Gasteiger partial charge in [0.15, 0.2) is 18.4 Å². The van der Waals surface area contributed by atoms with Gasteiger partial charge in [-0.15, -0.1) is 0 Å². The summed E-state index contributed by atoms with van der Waals surface area (Å²) in [7, 11) is 0. The van der Waals surface area contributed by atoms with E-state index in [9.17, 15) is 33.6 Å². The van der Waals surface area contributed by atoms with E-state index in [0.717, 1.165) is 31.9 Å². The quantitative estimate of drug-likeness (QED) is 0.154. The van der Waals surface area contributed by atoms with Crippen LogP contribution in [0.2, 0.25) is 0 Å². The Labute approximate surface area is 277 Å². The predicted octanol–water partition coefficient (Wildman–Crippen LogP) is -0.155. The minimum Gasteiger partial charge on any atom is -0.463 e. The molecule has 0 aliphatic carbocycles. The topological polar surface area (TPSA) is 205 Å². The molecule has 6 atom stereocenters. The van der Waals surface area contributed by atoms with Gasteiger partial charge in [0.1, 0.15) is 24.8 Å². The lowest BCUT2D eigenvalue weighted by atomic mass is 9.95. The summed E-state index contributed by atoms with van der Waals surface area (Å²) in [6, 6.07) is 15.7. The fourth-order valence-electron chi connectivity index (χ4n) is 5.04. The zero-order valence-corrected chi connectivity index (χ0v) is 27.1. The van der Waals surface area contributed by atoms with Crippen LogP contribution in [0.25, 0.3) is 0 Å². The molecular formula is C33H40N4O11. The van der Waals surface area contributed by atoms with Crippen molar-refractivity contribution in [3.05, 3.63) is 71.8 Å². The van der Waals surface area contributed by atoms with Crippen LogP contribution < -0.4 is 21.3 Å². The minimum atomic E-state index is -1.40. The molecule has 2 aromatic rings. The molecule has 2 aromatic carbocycles. The van der Waals surface area contributed by atoms with Gasteiger partial charge in [-0.3, -0.25) is 33.6 Å². The predicted molar refractivity (Wildman–Crippen MR) is 167 cm³/mol. The van der Waals surface area contributed by atoms with Crippen molar-refractivity contribution in [1.29, 1.82) is 0 Å². The summed E-state index contributed by atoms with van der Waals surface area (Å²) in [5.41, 5.74) is 1.53. The van der Waals surface area contributed by atoms with Crippen LogP contribution in [0.1, 0.15) is 38.8 Å². The van der Waals surface area contributed by atoms with Gasteiger partial charge < -0.3 is 40.2 Å². The molecule has 1 aliphatic rings. The molecule has 0 unspecified atom stereocenters. The maximum absolute atomic E-state index is 13.3. The van der Waals surface area contributed by atoms with E-state index in [1.54, 1.807) is 48.5 Å². The number of hydrogen-bond acceptors (Lipinski definition) is 11. The van der Waals surface area contributed by atoms with Gasteiger partial charge in [0.05, 0.1) is 13.0 Å². The molecular weight excluding hydrogens is 628 g/mol. The molecule has 0 spiro atoms. The molecule has 4 N–H and O–H groups in total. The van der Waals surface area contributed by atoms with Crippen LogP contribution in [0.3, 0.4) is 0 Å². The van der Waals surface area contributed by atoms with Crippen LogP contribution >= 0.6 is 0 Å². The third kappa shape index (κ3) is 12.1. The highest BCUT2D eigenvalue weighted by molar-refractivity contribution is 5.91. The molecule has 1 fully saturated rings. The first-order valence-corrected chi connectivity index (χ1v) is 15.2. The molecule has 48 heavy (non-hydrogen) atoms. The Hall–Kier alpha value is -5.31. The van der Waals surface area contributed by atoms with Gasteiger partial charge in [-0.25, -0.2) is 0 Å². The Morgan fingerprint density at radius 1 is 0.729 bits per heavy atom. The first kappa shape index (κ1) is 37.2. The summed E-state index contributed by atoms with van der Waals surface area (Å²) in [5.74, 6) is -4.66. The zero-order valence-electron chi connectivity index (χ0n) is 27.1. The number of rotatable bonds is 14. The summed E-state index contributed by atoms with van der Waals surface area (Å²) in [5, 5.41) is 10.3. The van der Waals surface area contributed by atoms with E-state index in [0.29, 0.717) is 0 Å². The van der Waals surface area contributed by atoms with Gasteiger partial charge in [-0.2, -0.15) is 0 Å². The van der Waals surface area contributed by atoms with E-state index in [1.165, 1.54) is 6.92 Å². The largest absolute Gasteiger partial charge is 0.463 e. The van der Waals surface area contributed by atoms with Gasteiger partial charge >= 0.3 is 17.9 Å². The summed E-state index contributed by atoms with van der Waals surface area (Å²) in [4.78, 5) is 87.0. The molecule has 0 bridgehead atoms. The van der Waals surface area contributed by atoms with Crippen molar-refractivity contribution >= 4 is 41.5 Å². The van der Waals surface area contributed by atoms with E-state index in [-0.39, 0.29) is 12.8 Å². The van der Waals surface area contributed by atoms with Crippen molar-refractivity contribution in [2.75, 3.05) is 13.2 Å². The van der Waals surface area contributed by atoms with Crippen molar-refractivity contribution in [3.63, 3.8) is 0 Å². The average molecular weight is 669 g/mol. The average Bonchev–Trinajstić information content (AvgIpc) is 3.01. The lowest BCUT2D eigenvalue weighted by Crippen LogP contribution is -2.70. The number of carbonyl (C=O) groups is 7. The number of carbonyl (C=O) groups excluding carboxylic acids is 7. The van der Waals surface area contributed by atoms with Crippen LogP contribution in [0.5, 0.6) is 0 Å². The van der Waals surface area contributed by atoms with Crippen LogP contribution in [-0.4, -0.2) is 91.3 Å². The van der Waals surface area contributed by atoms with Gasteiger partial charge in [-0.05, 0) is 11.1 Å². The molecule has 1 aliphatic heterocycles. The number of ether oxygens (including phenoxy) is 4. The van der Waals surface area contributed by atoms with E-state index in [1.807, 2.05) is 12.1 Å². The van der Waals surface area contributed by atoms with Crippen LogP contribution in [0.4, 0.5) is 0 Å². The van der Waals surface area contributed by atoms with E-state index >= 15 is 0 Å². The number of amides is 4. The number of nitrogens with one attached hydrogen (secondary N) is 4. The minimum absolute atomic E-state index is 0.0375. The van der Waals surface area contributed by atoms with E-state index in [2.05, 4.69) is 21.3 Å². The van der Waals surface area contributed by atoms with Crippen molar-refractivity contribution in [2.45, 2.75) is 77.2 Å². The Bertz CT molecular complexity index is 1450. The van der Waals surface area contributed by atoms with E-state index in [4.69, 9.17) is 18.9 Å². The second kappa shape index (κ2) is 18.1. The first-order valence-electron chi connectivity index (χ1n) is 15.2. The van der Waals surface area contributed by atoms with Gasteiger partial charge in [0.2, 0.25) is 23.6 Å². The highest BCUT2D eigenvalue weighted by atomic mass is 16.6. The van der Waals surface area contributed by atoms with Gasteiger partial charge in [0.25, 0.3) is 0 Å². The normalized spacial score (nSPS) is 20.6. The Morgan fingerprint density at radius 2 is 1.31 bits per heavy atom. The molecule has 258 valence electrons. The van der Waals surface area contributed by atoms with Crippen molar-refractivity contribution in [3.8, 4) is 0 Å². The molecule has 0 radical (unpaired) electrons. The summed E-state index contributed by atoms with van der Waals surface area (Å²) < 4.78 is 21.7. The Kier molecular flexibility index (Phi) is 14.0. The second-order valence-electron chi connectivity index (χ2n) is 11.0. The molecule has 0 saturated carbocycles. The maximum Gasteiger partial charge on any atom is 0.303 e. The summed E-state index contributed by atoms with van der Waals surface area (Å²) in [6.45, 7) is 3.49. The zero-order chi connectivity index (χ0) is 35.2. The molecule has 15 nitrogen and oxygen atoms in total. The highest BCUT2D eigenvalue weighted by Crippen LogP contribution is 2.26. The molecule has 3 rings (SSSR count). The molecule has 1 saturated heterocycles. The number of esters is 3. The van der Waals surface area contributed by atoms with Gasteiger partial charge in [0, 0.05) is 34.1 Å². The van der Waals surface area contributed by atoms with Crippen molar-refractivity contribution < 1.29 is 52.5 Å². The lowest BCUT2D eigenvalue weighted by molar-refractivity contribution is -0.227. The van der Waals surface area contributed by atoms with Crippen LogP contribution in [-0.2, 0) is 65.4 Å². The SMILES string of the molecule is CC(=O)N[C@@H]1[C@@H](OC(C)=O)[C@H](OC(C)=O)[C@@H](COC(C)=O)O[C@H]1NC(=O)CNC(=O)[C@H](Cc1ccccc1)NC(=O)Cc1ccccc1. The van der Waals surface area contributed by atoms with Crippen molar-refractivity contribution in [1.82, 2.24) is 21.3 Å². The first-order chi connectivity index (χ1) is 22.8. The number of hydrogen-bond donors (Lipinski definition) is 4. The summed E-state index contributed by atoms with van der Waals surface area (Å²) >= 11 is 0. The van der Waals surface area contributed by atoms with Crippen LogP contribution in [0, 0.1) is 0 Å². The molecule has 15 heteroatoms. The Morgan fingerprint density at radius 3 is 1.88 bits per heavy atom. The molecule has 4 amide bonds. The lowest BCUT2D eigenvalue weighted by Gasteiger charge is -2.45. The third-order valence-corrected chi connectivity index (χ3v) is 6.98. The van der Waals surface area contributed by atoms with E-state index < -0.39 is 91.3 Å². The Balaban J connectivity index is 1.76. The fourth-order valence-corrected chi connectivity index (χ4v) is 5.04. The smallest absolute Gasteiger partial charge is 0.303 e. The van der Waals surface area contributed by atoms with Gasteiger partial charge in [-0.1, -0.05) is 60.7 Å².